The summed E-state index contributed by atoms with van der Waals surface area (Å²) in [5.41, 5.74) is 2.42. The van der Waals surface area contributed by atoms with Crippen molar-refractivity contribution in [2.45, 2.75) is 39.0 Å². The van der Waals surface area contributed by atoms with Crippen LogP contribution >= 0.6 is 0 Å². The lowest BCUT2D eigenvalue weighted by Crippen LogP contribution is -2.39. The van der Waals surface area contributed by atoms with E-state index in [9.17, 15) is 4.79 Å². The molecule has 5 nitrogen and oxygen atoms in total. The van der Waals surface area contributed by atoms with E-state index in [1.807, 2.05) is 0 Å². The number of nitrogens with zero attached hydrogens (tertiary/aromatic N) is 3. The van der Waals surface area contributed by atoms with Crippen LogP contribution in [0.2, 0.25) is 0 Å². The number of hydrogen-bond acceptors (Lipinski definition) is 4. The number of carbonyl (C=O) groups is 1. The largest absolute Gasteiger partial charge is 0.481 e. The van der Waals surface area contributed by atoms with Crippen LogP contribution in [0.3, 0.4) is 0 Å². The van der Waals surface area contributed by atoms with Crippen molar-refractivity contribution in [3.05, 3.63) is 17.3 Å². The molecule has 0 radical (unpaired) electrons. The van der Waals surface area contributed by atoms with Crippen molar-refractivity contribution in [1.29, 1.82) is 0 Å². The first-order valence-electron chi connectivity index (χ1n) is 7.46. The molecule has 0 spiro atoms. The van der Waals surface area contributed by atoms with E-state index in [4.69, 9.17) is 5.11 Å². The Balaban J connectivity index is 1.80. The van der Waals surface area contributed by atoms with Crippen LogP contribution in [-0.2, 0) is 17.6 Å². The van der Waals surface area contributed by atoms with Crippen LogP contribution in [0.1, 0.15) is 37.4 Å². The lowest BCUT2D eigenvalue weighted by atomic mass is 9.88. The number of aliphatic carboxylic acids is 1. The minimum atomic E-state index is -0.700. The van der Waals surface area contributed by atoms with Crippen LogP contribution in [-0.4, -0.2) is 34.4 Å². The number of fused-ring (bicyclic) bond motifs is 1. The van der Waals surface area contributed by atoms with Crippen molar-refractivity contribution in [3.63, 3.8) is 0 Å². The Hall–Kier alpha value is -1.65. The smallest absolute Gasteiger partial charge is 0.308 e. The van der Waals surface area contributed by atoms with E-state index >= 15 is 0 Å². The lowest BCUT2D eigenvalue weighted by Gasteiger charge is -2.32. The van der Waals surface area contributed by atoms with Gasteiger partial charge in [0.2, 0.25) is 0 Å². The number of aryl methyl sites for hydroxylation is 1. The number of anilines is 1. The van der Waals surface area contributed by atoms with Crippen LogP contribution in [0.25, 0.3) is 0 Å². The zero-order valence-electron chi connectivity index (χ0n) is 11.9. The second-order valence-corrected chi connectivity index (χ2v) is 6.15. The van der Waals surface area contributed by atoms with Gasteiger partial charge in [-0.25, -0.2) is 0 Å². The summed E-state index contributed by atoms with van der Waals surface area (Å²) >= 11 is 0. The summed E-state index contributed by atoms with van der Waals surface area (Å²) in [6.07, 6.45) is 4.94. The highest BCUT2D eigenvalue weighted by Crippen LogP contribution is 2.27. The normalized spacial score (nSPS) is 26.1. The Morgan fingerprint density at radius 2 is 2.25 bits per heavy atom. The standard InChI is InChI=1S/C15H21N3O2/c1-10-4-5-13-12(7-10)8-14(17-16-13)18-6-2-3-11(9-18)15(19)20/h8,10-11H,2-7,9H2,1H3,(H,19,20)/t10-,11+/m0/s1. The van der Waals surface area contributed by atoms with Gasteiger partial charge in [-0.05, 0) is 49.7 Å². The zero-order chi connectivity index (χ0) is 14.1. The van der Waals surface area contributed by atoms with Crippen LogP contribution in [0.4, 0.5) is 5.82 Å². The fourth-order valence-corrected chi connectivity index (χ4v) is 3.23. The summed E-state index contributed by atoms with van der Waals surface area (Å²) in [6.45, 7) is 3.70. The molecule has 1 aliphatic carbocycles. The van der Waals surface area contributed by atoms with Crippen molar-refractivity contribution >= 4 is 11.8 Å². The maximum Gasteiger partial charge on any atom is 0.308 e. The van der Waals surface area contributed by atoms with Gasteiger partial charge in [-0.15, -0.1) is 5.10 Å². The van der Waals surface area contributed by atoms with Gasteiger partial charge in [-0.2, -0.15) is 5.10 Å². The first-order chi connectivity index (χ1) is 9.63. The monoisotopic (exact) mass is 275 g/mol. The summed E-state index contributed by atoms with van der Waals surface area (Å²) in [5, 5.41) is 17.8. The van der Waals surface area contributed by atoms with Gasteiger partial charge in [0.15, 0.2) is 5.82 Å². The summed E-state index contributed by atoms with van der Waals surface area (Å²) in [6, 6.07) is 2.13. The molecule has 0 unspecified atom stereocenters. The van der Waals surface area contributed by atoms with Crippen molar-refractivity contribution in [1.82, 2.24) is 10.2 Å². The summed E-state index contributed by atoms with van der Waals surface area (Å²) in [7, 11) is 0. The fraction of sp³-hybridized carbons (Fsp3) is 0.667. The van der Waals surface area contributed by atoms with Crippen LogP contribution in [0.15, 0.2) is 6.07 Å². The molecule has 0 amide bonds. The number of rotatable bonds is 2. The van der Waals surface area contributed by atoms with E-state index < -0.39 is 5.97 Å². The molecule has 1 fully saturated rings. The molecule has 3 rings (SSSR count). The number of carboxylic acid groups (broad SMARTS) is 1. The Morgan fingerprint density at radius 1 is 1.40 bits per heavy atom. The molecule has 0 aromatic carbocycles. The molecule has 108 valence electrons. The molecule has 2 aliphatic rings. The molecule has 1 aromatic heterocycles. The predicted molar refractivity (Wildman–Crippen MR) is 75.8 cm³/mol. The second kappa shape index (κ2) is 5.38. The van der Waals surface area contributed by atoms with E-state index in [2.05, 4.69) is 28.1 Å². The first-order valence-corrected chi connectivity index (χ1v) is 7.46. The average molecular weight is 275 g/mol. The minimum absolute atomic E-state index is 0.277. The lowest BCUT2D eigenvalue weighted by molar-refractivity contribution is -0.141. The number of hydrogen-bond donors (Lipinski definition) is 1. The Bertz CT molecular complexity index is 518. The molecular weight excluding hydrogens is 254 g/mol. The van der Waals surface area contributed by atoms with Gasteiger partial charge in [0.1, 0.15) is 0 Å². The Kier molecular flexibility index (Phi) is 3.59. The van der Waals surface area contributed by atoms with E-state index in [-0.39, 0.29) is 5.92 Å². The third-order valence-corrected chi connectivity index (χ3v) is 4.48. The van der Waals surface area contributed by atoms with Crippen molar-refractivity contribution in [2.75, 3.05) is 18.0 Å². The molecule has 5 heteroatoms. The molecule has 0 bridgehead atoms. The van der Waals surface area contributed by atoms with Crippen molar-refractivity contribution in [3.8, 4) is 0 Å². The highest BCUT2D eigenvalue weighted by Gasteiger charge is 2.27. The van der Waals surface area contributed by atoms with Gasteiger partial charge in [0.05, 0.1) is 11.6 Å². The van der Waals surface area contributed by atoms with E-state index in [1.165, 1.54) is 12.0 Å². The average Bonchev–Trinajstić information content (AvgIpc) is 2.46. The summed E-state index contributed by atoms with van der Waals surface area (Å²) in [4.78, 5) is 13.2. The van der Waals surface area contributed by atoms with E-state index in [1.54, 1.807) is 0 Å². The van der Waals surface area contributed by atoms with Gasteiger partial charge >= 0.3 is 5.97 Å². The molecule has 1 saturated heterocycles. The molecular formula is C15H21N3O2. The fourth-order valence-electron chi connectivity index (χ4n) is 3.23. The second-order valence-electron chi connectivity index (χ2n) is 6.15. The third-order valence-electron chi connectivity index (χ3n) is 4.48. The van der Waals surface area contributed by atoms with E-state index in [0.29, 0.717) is 12.5 Å². The molecule has 0 saturated carbocycles. The maximum absolute atomic E-state index is 11.1. The number of aromatic nitrogens is 2. The predicted octanol–water partition coefficient (Wildman–Crippen LogP) is 1.90. The molecule has 1 aliphatic heterocycles. The Labute approximate surface area is 119 Å². The molecule has 20 heavy (non-hydrogen) atoms. The van der Waals surface area contributed by atoms with Crippen molar-refractivity contribution < 1.29 is 9.90 Å². The van der Waals surface area contributed by atoms with Gasteiger partial charge < -0.3 is 10.0 Å². The van der Waals surface area contributed by atoms with Crippen LogP contribution in [0, 0.1) is 11.8 Å². The van der Waals surface area contributed by atoms with Crippen LogP contribution < -0.4 is 4.90 Å². The molecule has 1 N–H and O–H groups in total. The van der Waals surface area contributed by atoms with Gasteiger partial charge in [-0.3, -0.25) is 4.79 Å². The molecule has 1 aromatic rings. The summed E-state index contributed by atoms with van der Waals surface area (Å²) < 4.78 is 0. The molecule has 2 atom stereocenters. The quantitative estimate of drug-likeness (QED) is 0.893. The number of piperidine rings is 1. The summed E-state index contributed by atoms with van der Waals surface area (Å²) in [5.74, 6) is 0.575. The molecule has 2 heterocycles. The van der Waals surface area contributed by atoms with E-state index in [0.717, 1.165) is 43.7 Å². The number of carboxylic acids is 1. The Morgan fingerprint density at radius 3 is 3.05 bits per heavy atom. The van der Waals surface area contributed by atoms with Gasteiger partial charge in [-0.1, -0.05) is 6.92 Å². The maximum atomic E-state index is 11.1. The zero-order valence-corrected chi connectivity index (χ0v) is 11.9. The highest BCUT2D eigenvalue weighted by molar-refractivity contribution is 5.71. The van der Waals surface area contributed by atoms with Gasteiger partial charge in [0.25, 0.3) is 0 Å². The van der Waals surface area contributed by atoms with Gasteiger partial charge in [0, 0.05) is 13.1 Å². The topological polar surface area (TPSA) is 66.3 Å². The van der Waals surface area contributed by atoms with Crippen LogP contribution in [0.5, 0.6) is 0 Å². The highest BCUT2D eigenvalue weighted by atomic mass is 16.4. The van der Waals surface area contributed by atoms with Crippen molar-refractivity contribution in [2.24, 2.45) is 11.8 Å². The first kappa shape index (κ1) is 13.3. The minimum Gasteiger partial charge on any atom is -0.481 e. The SMILES string of the molecule is C[C@H]1CCc2nnc(N3CCC[C@@H](C(=O)O)C3)cc2C1. The third kappa shape index (κ3) is 2.62.